The van der Waals surface area contributed by atoms with Gasteiger partial charge in [0.1, 0.15) is 0 Å². The average molecular weight is 199 g/mol. The molecule has 0 unspecified atom stereocenters. The summed E-state index contributed by atoms with van der Waals surface area (Å²) in [6, 6.07) is 0. The minimum atomic E-state index is -0.315. The Morgan fingerprint density at radius 1 is 1.36 bits per heavy atom. The van der Waals surface area contributed by atoms with Crippen molar-refractivity contribution in [3.63, 3.8) is 0 Å². The van der Waals surface area contributed by atoms with E-state index in [-0.39, 0.29) is 8.41 Å². The van der Waals surface area contributed by atoms with Crippen LogP contribution in [-0.4, -0.2) is 13.6 Å². The van der Waals surface area contributed by atoms with E-state index in [2.05, 4.69) is 49.6 Å². The topological polar surface area (TPSA) is 0 Å². The van der Waals surface area contributed by atoms with Crippen molar-refractivity contribution in [1.82, 2.24) is 0 Å². The Bertz CT molecular complexity index is 385. The molecule has 0 spiro atoms. The van der Waals surface area contributed by atoms with Crippen LogP contribution >= 0.6 is 0 Å². The third-order valence-corrected chi connectivity index (χ3v) is 3.92. The molecule has 2 aliphatic rings. The first-order chi connectivity index (χ1) is 6.75. The summed E-state index contributed by atoms with van der Waals surface area (Å²) in [6.07, 6.45) is 16.8. The fourth-order valence-corrected chi connectivity index (χ4v) is 2.53. The Kier molecular flexibility index (Phi) is 2.78. The third-order valence-electron chi connectivity index (χ3n) is 2.55. The molecule has 2 aliphatic carbocycles. The summed E-state index contributed by atoms with van der Waals surface area (Å²) in [6.45, 7) is 4.63. The van der Waals surface area contributed by atoms with Crippen molar-refractivity contribution >= 4 is 13.6 Å². The lowest BCUT2D eigenvalue weighted by Crippen LogP contribution is -2.01. The molecule has 0 aliphatic heterocycles. The van der Waals surface area contributed by atoms with E-state index in [1.807, 2.05) is 0 Å². The molecule has 71 valence electrons. The van der Waals surface area contributed by atoms with E-state index >= 15 is 0 Å². The zero-order valence-electron chi connectivity index (χ0n) is 8.80. The molecule has 0 N–H and O–H groups in total. The monoisotopic (exact) mass is 199 g/mol. The normalized spacial score (nSPS) is 18.9. The van der Waals surface area contributed by atoms with Crippen LogP contribution in [0.1, 0.15) is 12.8 Å². The smallest absolute Gasteiger partial charge is 0.0136 e. The molecule has 0 heterocycles. The maximum atomic E-state index is 3.52. The second kappa shape index (κ2) is 4.05. The van der Waals surface area contributed by atoms with Gasteiger partial charge in [-0.05, 0) is 29.7 Å². The first-order valence-electron chi connectivity index (χ1n) is 5.08. The van der Waals surface area contributed by atoms with Gasteiger partial charge in [0.25, 0.3) is 0 Å². The lowest BCUT2D eigenvalue weighted by atomic mass is 10.1. The molecule has 0 amide bonds. The van der Waals surface area contributed by atoms with Crippen molar-refractivity contribution in [3.05, 3.63) is 47.6 Å². The van der Waals surface area contributed by atoms with E-state index in [4.69, 9.17) is 0 Å². The summed E-state index contributed by atoms with van der Waals surface area (Å²) in [7, 11) is -0.315. The van der Waals surface area contributed by atoms with Crippen LogP contribution in [0.4, 0.5) is 0 Å². The van der Waals surface area contributed by atoms with Gasteiger partial charge in [-0.2, -0.15) is 0 Å². The Morgan fingerprint density at radius 3 is 2.79 bits per heavy atom. The maximum absolute atomic E-state index is 3.52. The molecule has 0 aromatic carbocycles. The highest BCUT2D eigenvalue weighted by atomic mass is 28.2. The van der Waals surface area contributed by atoms with Crippen LogP contribution < -0.4 is 0 Å². The largest absolute Gasteiger partial charge is 0.0804 e. The molecule has 0 aromatic heterocycles. The Labute approximate surface area is 87.6 Å². The summed E-state index contributed by atoms with van der Waals surface area (Å²) in [4.78, 5) is 0. The Balaban J connectivity index is 2.05. The van der Waals surface area contributed by atoms with Gasteiger partial charge in [-0.1, -0.05) is 49.0 Å². The van der Waals surface area contributed by atoms with Crippen molar-refractivity contribution in [1.29, 1.82) is 0 Å². The van der Waals surface area contributed by atoms with E-state index in [1.165, 1.54) is 16.3 Å². The van der Waals surface area contributed by atoms with Crippen LogP contribution in [0, 0.1) is 6.08 Å². The summed E-state index contributed by atoms with van der Waals surface area (Å²) >= 11 is 0. The first kappa shape index (κ1) is 9.60. The molecule has 0 nitrogen and oxygen atoms in total. The fourth-order valence-electron chi connectivity index (χ4n) is 1.70. The van der Waals surface area contributed by atoms with Gasteiger partial charge in [0.15, 0.2) is 0 Å². The van der Waals surface area contributed by atoms with Crippen molar-refractivity contribution in [2.75, 3.05) is 0 Å². The molecule has 1 heteroatoms. The van der Waals surface area contributed by atoms with Crippen LogP contribution in [0.25, 0.3) is 0 Å². The van der Waals surface area contributed by atoms with Crippen LogP contribution in [0.3, 0.4) is 0 Å². The minimum Gasteiger partial charge on any atom is -0.0804 e. The first-order valence-corrected chi connectivity index (χ1v) is 7.58. The molecule has 0 atom stereocenters. The van der Waals surface area contributed by atoms with Gasteiger partial charge in [-0.3, -0.25) is 0 Å². The number of hydrogen-bond acceptors (Lipinski definition) is 0. The lowest BCUT2D eigenvalue weighted by molar-refractivity contribution is 1.10. The quantitative estimate of drug-likeness (QED) is 0.600. The van der Waals surface area contributed by atoms with Crippen LogP contribution in [0.15, 0.2) is 41.5 Å². The second-order valence-corrected chi connectivity index (χ2v) is 6.57. The lowest BCUT2D eigenvalue weighted by Gasteiger charge is -1.99. The molecule has 1 radical (unpaired) electrons. The summed E-state index contributed by atoms with van der Waals surface area (Å²) in [5.41, 5.74) is 2.88. The number of allylic oxidation sites excluding steroid dienone is 8. The molecule has 0 saturated carbocycles. The minimum absolute atomic E-state index is 0.315. The van der Waals surface area contributed by atoms with Gasteiger partial charge in [0.2, 0.25) is 0 Å². The van der Waals surface area contributed by atoms with E-state index in [0.29, 0.717) is 0 Å². The zero-order valence-corrected chi connectivity index (χ0v) is 9.80. The predicted molar refractivity (Wildman–Crippen MR) is 64.8 cm³/mol. The highest BCUT2D eigenvalue weighted by molar-refractivity contribution is 6.72. The highest BCUT2D eigenvalue weighted by Gasteiger charge is 2.07. The summed E-state index contributed by atoms with van der Waals surface area (Å²) < 4.78 is 0. The molecule has 2 rings (SSSR count). The molecule has 0 saturated heterocycles. The molecular weight excluding hydrogens is 184 g/mol. The van der Waals surface area contributed by atoms with Crippen molar-refractivity contribution in [2.45, 2.75) is 25.9 Å². The Morgan fingerprint density at radius 2 is 2.21 bits per heavy atom. The zero-order chi connectivity index (χ0) is 9.97. The van der Waals surface area contributed by atoms with E-state index in [1.54, 1.807) is 0 Å². The van der Waals surface area contributed by atoms with Gasteiger partial charge in [-0.25, -0.2) is 0 Å². The van der Waals surface area contributed by atoms with Crippen molar-refractivity contribution in [2.24, 2.45) is 0 Å². The van der Waals surface area contributed by atoms with Crippen LogP contribution in [0.2, 0.25) is 13.1 Å². The van der Waals surface area contributed by atoms with E-state index in [9.17, 15) is 0 Å². The van der Waals surface area contributed by atoms with Crippen molar-refractivity contribution in [3.8, 4) is 0 Å². The van der Waals surface area contributed by atoms with Gasteiger partial charge in [0.05, 0.1) is 0 Å². The van der Waals surface area contributed by atoms with Crippen LogP contribution in [0.5, 0.6) is 0 Å². The highest BCUT2D eigenvalue weighted by Crippen LogP contribution is 2.21. The van der Waals surface area contributed by atoms with E-state index < -0.39 is 0 Å². The van der Waals surface area contributed by atoms with E-state index in [0.717, 1.165) is 12.8 Å². The molecular formula is C13H15Si. The van der Waals surface area contributed by atoms with Crippen LogP contribution in [-0.2, 0) is 0 Å². The number of hydrogen-bond donors (Lipinski definition) is 0. The fraction of sp³-hybridized carbons (Fsp3) is 0.308. The maximum Gasteiger partial charge on any atom is 0.0136 e. The number of rotatable bonds is 2. The standard InChI is InChI=1S/C13H15Si/c1-14(2)13-8-7-12(10-13)9-11-5-3-4-6-11/h3-5,7-8H,6,9H2,1-2H3. The van der Waals surface area contributed by atoms with Gasteiger partial charge in [-0.15, -0.1) is 0 Å². The molecule has 14 heavy (non-hydrogen) atoms. The summed E-state index contributed by atoms with van der Waals surface area (Å²) in [5.74, 6) is 0. The molecule has 0 fully saturated rings. The molecule has 0 aromatic rings. The second-order valence-electron chi connectivity index (χ2n) is 4.03. The summed E-state index contributed by atoms with van der Waals surface area (Å²) in [5, 5.41) is 1.44. The van der Waals surface area contributed by atoms with Gasteiger partial charge in [0, 0.05) is 8.41 Å². The molecule has 0 bridgehead atoms. The van der Waals surface area contributed by atoms with Gasteiger partial charge < -0.3 is 0 Å². The predicted octanol–water partition coefficient (Wildman–Crippen LogP) is 3.07. The average Bonchev–Trinajstić information content (AvgIpc) is 2.75. The SMILES string of the molecule is C[Si](C)=C1[C]=C(CC2=CC=CC2)C=C1. The third kappa shape index (κ3) is 2.10. The van der Waals surface area contributed by atoms with Gasteiger partial charge >= 0.3 is 0 Å². The van der Waals surface area contributed by atoms with Crippen molar-refractivity contribution < 1.29 is 0 Å². The Hall–Kier alpha value is -0.953.